The highest BCUT2D eigenvalue weighted by molar-refractivity contribution is 7.71. The largest absolute Gasteiger partial charge is 0.385 e. The molecule has 0 aliphatic heterocycles. The second-order valence-electron chi connectivity index (χ2n) is 3.97. The Hall–Kier alpha value is -1.68. The first-order valence-corrected chi connectivity index (χ1v) is 6.01. The molecule has 17 heavy (non-hydrogen) atoms. The van der Waals surface area contributed by atoms with E-state index >= 15 is 0 Å². The fraction of sp³-hybridized carbons (Fsp3) is 0.231. The Morgan fingerprint density at radius 2 is 1.88 bits per heavy atom. The molecule has 1 aromatic carbocycles. The number of nitrogens with one attached hydrogen (secondary N) is 1. The zero-order chi connectivity index (χ0) is 12.3. The van der Waals surface area contributed by atoms with Gasteiger partial charge in [-0.25, -0.2) is 4.98 Å². The van der Waals surface area contributed by atoms with Crippen molar-refractivity contribution in [2.45, 2.75) is 19.8 Å². The molecular weight excluding hydrogens is 230 g/mol. The van der Waals surface area contributed by atoms with Crippen molar-refractivity contribution in [2.24, 2.45) is 0 Å². The minimum Gasteiger partial charge on any atom is -0.385 e. The summed E-state index contributed by atoms with van der Waals surface area (Å²) in [6.07, 6.45) is 3.57. The predicted octanol–water partition coefficient (Wildman–Crippen LogP) is 2.87. The van der Waals surface area contributed by atoms with Gasteiger partial charge in [-0.05, 0) is 29.8 Å². The topological polar surface area (TPSA) is 54.7 Å². The van der Waals surface area contributed by atoms with E-state index in [4.69, 9.17) is 18.0 Å². The number of nitrogens with two attached hydrogens (primary N) is 1. The van der Waals surface area contributed by atoms with Gasteiger partial charge in [0.05, 0.1) is 0 Å². The van der Waals surface area contributed by atoms with Crippen molar-refractivity contribution in [2.75, 3.05) is 5.73 Å². The van der Waals surface area contributed by atoms with Crippen molar-refractivity contribution in [1.29, 1.82) is 0 Å². The van der Waals surface area contributed by atoms with Gasteiger partial charge in [0.2, 0.25) is 0 Å². The molecule has 2 rings (SSSR count). The number of aryl methyl sites for hydroxylation is 1. The molecule has 0 aliphatic carbocycles. The lowest BCUT2D eigenvalue weighted by Crippen LogP contribution is -2.00. The van der Waals surface area contributed by atoms with Crippen LogP contribution >= 0.6 is 12.2 Å². The van der Waals surface area contributed by atoms with Crippen molar-refractivity contribution < 1.29 is 0 Å². The quantitative estimate of drug-likeness (QED) is 0.817. The van der Waals surface area contributed by atoms with Gasteiger partial charge in [-0.3, -0.25) is 0 Å². The van der Waals surface area contributed by atoms with E-state index < -0.39 is 0 Å². The number of nitrogen functional groups attached to an aromatic ring is 1. The van der Waals surface area contributed by atoms with Crippen LogP contribution in [0.5, 0.6) is 0 Å². The maximum absolute atomic E-state index is 5.86. The summed E-state index contributed by atoms with van der Waals surface area (Å²) in [5.74, 6) is 0.601. The average Bonchev–Trinajstić information content (AvgIpc) is 2.34. The van der Waals surface area contributed by atoms with Crippen molar-refractivity contribution in [3.05, 3.63) is 51.9 Å². The molecule has 3 N–H and O–H groups in total. The van der Waals surface area contributed by atoms with Crippen LogP contribution in [-0.4, -0.2) is 9.97 Å². The molecule has 1 heterocycles. The van der Waals surface area contributed by atoms with E-state index in [0.717, 1.165) is 18.4 Å². The van der Waals surface area contributed by atoms with Gasteiger partial charge in [0, 0.05) is 18.2 Å². The first kappa shape index (κ1) is 11.8. The van der Waals surface area contributed by atoms with Crippen LogP contribution in [0.2, 0.25) is 0 Å². The second kappa shape index (κ2) is 5.10. The Morgan fingerprint density at radius 1 is 1.24 bits per heavy atom. The Balaban J connectivity index is 2.22. The van der Waals surface area contributed by atoms with Gasteiger partial charge in [0.25, 0.3) is 0 Å². The van der Waals surface area contributed by atoms with E-state index in [0.29, 0.717) is 10.6 Å². The molecule has 0 saturated carbocycles. The van der Waals surface area contributed by atoms with Crippen molar-refractivity contribution in [1.82, 2.24) is 9.97 Å². The lowest BCUT2D eigenvalue weighted by Gasteiger charge is -2.05. The summed E-state index contributed by atoms with van der Waals surface area (Å²) < 4.78 is 0.424. The Labute approximate surface area is 106 Å². The highest BCUT2D eigenvalue weighted by Gasteiger charge is 2.01. The molecule has 0 spiro atoms. The second-order valence-corrected chi connectivity index (χ2v) is 4.36. The standard InChI is InChI=1S/C13H15N3S/c1-2-9-3-5-10(6-4-9)7-11-8-15-13(17)16-12(11)14/h3-6,8H,2,7H2,1H3,(H3,14,15,16,17). The predicted molar refractivity (Wildman–Crippen MR) is 72.5 cm³/mol. The van der Waals surface area contributed by atoms with E-state index in [1.54, 1.807) is 6.20 Å². The third-order valence-electron chi connectivity index (χ3n) is 2.75. The van der Waals surface area contributed by atoms with E-state index in [1.807, 2.05) is 0 Å². The fourth-order valence-electron chi connectivity index (χ4n) is 1.69. The lowest BCUT2D eigenvalue weighted by molar-refractivity contribution is 1.06. The van der Waals surface area contributed by atoms with Crippen molar-refractivity contribution in [3.8, 4) is 0 Å². The molecule has 2 aromatic rings. The van der Waals surface area contributed by atoms with Crippen LogP contribution in [0.25, 0.3) is 0 Å². The van der Waals surface area contributed by atoms with Crippen LogP contribution in [-0.2, 0) is 12.8 Å². The van der Waals surface area contributed by atoms with Crippen LogP contribution in [0.1, 0.15) is 23.6 Å². The minimum absolute atomic E-state index is 0.424. The third-order valence-corrected chi connectivity index (χ3v) is 2.96. The molecule has 0 fully saturated rings. The summed E-state index contributed by atoms with van der Waals surface area (Å²) in [4.78, 5) is 6.91. The molecule has 1 aromatic heterocycles. The fourth-order valence-corrected chi connectivity index (χ4v) is 1.85. The first-order valence-electron chi connectivity index (χ1n) is 5.60. The molecule has 0 atom stereocenters. The lowest BCUT2D eigenvalue weighted by atomic mass is 10.0. The molecule has 0 amide bonds. The molecule has 4 heteroatoms. The van der Waals surface area contributed by atoms with Gasteiger partial charge < -0.3 is 10.7 Å². The number of anilines is 1. The summed E-state index contributed by atoms with van der Waals surface area (Å²) in [6, 6.07) is 8.54. The molecule has 0 aliphatic rings. The first-order chi connectivity index (χ1) is 8.19. The highest BCUT2D eigenvalue weighted by atomic mass is 32.1. The van der Waals surface area contributed by atoms with Crippen LogP contribution in [0.15, 0.2) is 30.5 Å². The zero-order valence-electron chi connectivity index (χ0n) is 9.73. The smallest absolute Gasteiger partial charge is 0.198 e. The molecule has 0 unspecified atom stereocenters. The van der Waals surface area contributed by atoms with Gasteiger partial charge >= 0.3 is 0 Å². The molecule has 0 radical (unpaired) electrons. The highest BCUT2D eigenvalue weighted by Crippen LogP contribution is 2.14. The molecule has 0 bridgehead atoms. The average molecular weight is 245 g/mol. The third kappa shape index (κ3) is 2.91. The Morgan fingerprint density at radius 3 is 2.47 bits per heavy atom. The van der Waals surface area contributed by atoms with Crippen molar-refractivity contribution in [3.63, 3.8) is 0 Å². The maximum Gasteiger partial charge on any atom is 0.198 e. The number of benzene rings is 1. The van der Waals surface area contributed by atoms with E-state index in [1.165, 1.54) is 11.1 Å². The van der Waals surface area contributed by atoms with E-state index in [9.17, 15) is 0 Å². The van der Waals surface area contributed by atoms with Gasteiger partial charge in [0.15, 0.2) is 4.77 Å². The Kier molecular flexibility index (Phi) is 3.54. The normalized spacial score (nSPS) is 10.4. The summed E-state index contributed by atoms with van der Waals surface area (Å²) in [6.45, 7) is 2.15. The van der Waals surface area contributed by atoms with Gasteiger partial charge in [-0.15, -0.1) is 0 Å². The molecule has 88 valence electrons. The van der Waals surface area contributed by atoms with Gasteiger partial charge in [-0.2, -0.15) is 0 Å². The maximum atomic E-state index is 5.86. The van der Waals surface area contributed by atoms with Gasteiger partial charge in [0.1, 0.15) is 5.82 Å². The van der Waals surface area contributed by atoms with Crippen LogP contribution < -0.4 is 5.73 Å². The number of rotatable bonds is 3. The van der Waals surface area contributed by atoms with E-state index in [-0.39, 0.29) is 0 Å². The molecular formula is C13H15N3S. The number of aromatic amines is 1. The number of aromatic nitrogens is 2. The Bertz CT molecular complexity index is 558. The summed E-state index contributed by atoms with van der Waals surface area (Å²) >= 11 is 4.91. The molecule has 3 nitrogen and oxygen atoms in total. The number of H-pyrrole nitrogens is 1. The molecule has 0 saturated heterocycles. The van der Waals surface area contributed by atoms with Crippen LogP contribution in [0, 0.1) is 4.77 Å². The van der Waals surface area contributed by atoms with Crippen LogP contribution in [0.4, 0.5) is 5.82 Å². The SMILES string of the molecule is CCc1ccc(Cc2cnc(=S)[nH]c2N)cc1. The summed E-state index contributed by atoms with van der Waals surface area (Å²) in [5.41, 5.74) is 9.40. The number of nitrogens with zero attached hydrogens (tertiary/aromatic N) is 1. The number of hydrogen-bond acceptors (Lipinski definition) is 3. The number of hydrogen-bond donors (Lipinski definition) is 2. The van der Waals surface area contributed by atoms with Crippen molar-refractivity contribution >= 4 is 18.0 Å². The monoisotopic (exact) mass is 245 g/mol. The summed E-state index contributed by atoms with van der Waals surface area (Å²) in [7, 11) is 0. The van der Waals surface area contributed by atoms with Gasteiger partial charge in [-0.1, -0.05) is 31.2 Å². The van der Waals surface area contributed by atoms with Crippen LogP contribution in [0.3, 0.4) is 0 Å². The summed E-state index contributed by atoms with van der Waals surface area (Å²) in [5, 5.41) is 0. The minimum atomic E-state index is 0.424. The van der Waals surface area contributed by atoms with E-state index in [2.05, 4.69) is 41.2 Å². The zero-order valence-corrected chi connectivity index (χ0v) is 10.6.